The molecule has 0 saturated heterocycles. The van der Waals surface area contributed by atoms with E-state index in [9.17, 15) is 4.79 Å². The van der Waals surface area contributed by atoms with Crippen molar-refractivity contribution in [3.05, 3.63) is 0 Å². The maximum Gasteiger partial charge on any atom is 0.311 e. The standard InChI is InChI=1S/C34H68O3/c1-5-7-9-11-13-15-17-19-21-23-25-27-29-31-33(36-3)32(34(35)37-4)30-28-26-24-22-20-18-16-14-12-10-8-6-2/h32-33H,5-31H2,1-4H3/t32-,33-/m1/s1. The molecular formula is C34H68O3. The normalized spacial score (nSPS) is 13.1. The molecule has 3 heteroatoms. The maximum absolute atomic E-state index is 12.5. The fourth-order valence-electron chi connectivity index (χ4n) is 5.66. The highest BCUT2D eigenvalue weighted by Gasteiger charge is 2.28. The van der Waals surface area contributed by atoms with Gasteiger partial charge in [0.1, 0.15) is 0 Å². The molecule has 0 fully saturated rings. The molecule has 2 atom stereocenters. The molecule has 0 rings (SSSR count). The monoisotopic (exact) mass is 525 g/mol. The molecule has 0 radical (unpaired) electrons. The van der Waals surface area contributed by atoms with E-state index >= 15 is 0 Å². The second-order valence-corrected chi connectivity index (χ2v) is 11.6. The van der Waals surface area contributed by atoms with Gasteiger partial charge in [-0.15, -0.1) is 0 Å². The molecule has 0 heterocycles. The predicted molar refractivity (Wildman–Crippen MR) is 162 cm³/mol. The van der Waals surface area contributed by atoms with Gasteiger partial charge in [0.25, 0.3) is 0 Å². The Hall–Kier alpha value is -0.570. The van der Waals surface area contributed by atoms with Gasteiger partial charge in [-0.3, -0.25) is 4.79 Å². The molecule has 0 aliphatic carbocycles. The van der Waals surface area contributed by atoms with Gasteiger partial charge in [0, 0.05) is 7.11 Å². The van der Waals surface area contributed by atoms with E-state index in [-0.39, 0.29) is 18.0 Å². The summed E-state index contributed by atoms with van der Waals surface area (Å²) in [7, 11) is 3.29. The molecular weight excluding hydrogens is 456 g/mol. The Kier molecular flexibility index (Phi) is 29.5. The minimum absolute atomic E-state index is 0.00728. The van der Waals surface area contributed by atoms with Crippen molar-refractivity contribution in [2.24, 2.45) is 5.92 Å². The van der Waals surface area contributed by atoms with Gasteiger partial charge in [-0.1, -0.05) is 174 Å². The predicted octanol–water partition coefficient (Wildman–Crippen LogP) is 11.4. The molecule has 0 amide bonds. The van der Waals surface area contributed by atoms with Crippen LogP contribution >= 0.6 is 0 Å². The van der Waals surface area contributed by atoms with Crippen LogP contribution in [-0.2, 0) is 14.3 Å². The fraction of sp³-hybridized carbons (Fsp3) is 0.971. The molecule has 222 valence electrons. The van der Waals surface area contributed by atoms with Crippen LogP contribution in [0, 0.1) is 5.92 Å². The van der Waals surface area contributed by atoms with Crippen LogP contribution in [0.15, 0.2) is 0 Å². The Morgan fingerprint density at radius 3 is 1.05 bits per heavy atom. The highest BCUT2D eigenvalue weighted by Crippen LogP contribution is 2.24. The lowest BCUT2D eigenvalue weighted by atomic mass is 9.91. The summed E-state index contributed by atoms with van der Waals surface area (Å²) in [5, 5.41) is 0. The van der Waals surface area contributed by atoms with E-state index in [4.69, 9.17) is 9.47 Å². The summed E-state index contributed by atoms with van der Waals surface area (Å²) >= 11 is 0. The van der Waals surface area contributed by atoms with E-state index < -0.39 is 0 Å². The van der Waals surface area contributed by atoms with E-state index in [1.807, 2.05) is 0 Å². The van der Waals surface area contributed by atoms with Crippen molar-refractivity contribution >= 4 is 5.97 Å². The summed E-state index contributed by atoms with van der Waals surface area (Å²) in [4.78, 5) is 12.5. The molecule has 37 heavy (non-hydrogen) atoms. The van der Waals surface area contributed by atoms with Crippen molar-refractivity contribution in [1.29, 1.82) is 0 Å². The minimum atomic E-state index is -0.101. The molecule has 3 nitrogen and oxygen atoms in total. The quantitative estimate of drug-likeness (QED) is 0.0692. The number of rotatable bonds is 30. The molecule has 0 aliphatic heterocycles. The van der Waals surface area contributed by atoms with Crippen molar-refractivity contribution in [3.63, 3.8) is 0 Å². The number of carbonyl (C=O) groups is 1. The summed E-state index contributed by atoms with van der Waals surface area (Å²) < 4.78 is 11.0. The lowest BCUT2D eigenvalue weighted by Crippen LogP contribution is -2.31. The highest BCUT2D eigenvalue weighted by molar-refractivity contribution is 5.72. The number of unbranched alkanes of at least 4 members (excludes halogenated alkanes) is 23. The van der Waals surface area contributed by atoms with E-state index in [0.717, 1.165) is 25.7 Å². The summed E-state index contributed by atoms with van der Waals surface area (Å²) in [5.74, 6) is -0.180. The zero-order valence-corrected chi connectivity index (χ0v) is 26.0. The molecule has 0 saturated carbocycles. The van der Waals surface area contributed by atoms with Crippen LogP contribution in [-0.4, -0.2) is 26.3 Å². The Balaban J connectivity index is 3.83. The van der Waals surface area contributed by atoms with Crippen molar-refractivity contribution in [2.75, 3.05) is 14.2 Å². The second-order valence-electron chi connectivity index (χ2n) is 11.6. The number of hydrogen-bond acceptors (Lipinski definition) is 3. The SMILES string of the molecule is CCCCCCCCCCCCCCC[C@@H](OC)[C@@H](CCCCCCCCCCCCCC)C(=O)OC. The third-order valence-corrected chi connectivity index (χ3v) is 8.22. The molecule has 0 bridgehead atoms. The summed E-state index contributed by atoms with van der Waals surface area (Å²) in [6.45, 7) is 4.57. The molecule has 0 aromatic rings. The van der Waals surface area contributed by atoms with Crippen LogP contribution in [0.25, 0.3) is 0 Å². The zero-order chi connectivity index (χ0) is 27.2. The first-order valence-corrected chi connectivity index (χ1v) is 16.8. The summed E-state index contributed by atoms with van der Waals surface area (Å²) in [6.07, 6.45) is 35.7. The Labute approximate surface area is 233 Å². The van der Waals surface area contributed by atoms with Crippen LogP contribution in [0.2, 0.25) is 0 Å². The van der Waals surface area contributed by atoms with Gasteiger partial charge in [0.05, 0.1) is 19.1 Å². The van der Waals surface area contributed by atoms with Gasteiger partial charge in [0.15, 0.2) is 0 Å². The Bertz CT molecular complexity index is 450. The number of carbonyl (C=O) groups excluding carboxylic acids is 1. The van der Waals surface area contributed by atoms with Crippen LogP contribution < -0.4 is 0 Å². The van der Waals surface area contributed by atoms with E-state index in [1.165, 1.54) is 155 Å². The van der Waals surface area contributed by atoms with E-state index in [1.54, 1.807) is 7.11 Å². The van der Waals surface area contributed by atoms with Crippen molar-refractivity contribution in [1.82, 2.24) is 0 Å². The van der Waals surface area contributed by atoms with Gasteiger partial charge in [0.2, 0.25) is 0 Å². The molecule has 0 spiro atoms. The average Bonchev–Trinajstić information content (AvgIpc) is 2.92. The molecule has 0 aromatic heterocycles. The lowest BCUT2D eigenvalue weighted by Gasteiger charge is -2.24. The molecule has 0 unspecified atom stereocenters. The zero-order valence-electron chi connectivity index (χ0n) is 26.0. The topological polar surface area (TPSA) is 35.5 Å². The van der Waals surface area contributed by atoms with Gasteiger partial charge in [-0.2, -0.15) is 0 Å². The van der Waals surface area contributed by atoms with Crippen LogP contribution in [0.5, 0.6) is 0 Å². The van der Waals surface area contributed by atoms with Crippen molar-refractivity contribution in [3.8, 4) is 0 Å². The van der Waals surface area contributed by atoms with Crippen LogP contribution in [0.1, 0.15) is 187 Å². The van der Waals surface area contributed by atoms with Crippen molar-refractivity contribution < 1.29 is 14.3 Å². The Morgan fingerprint density at radius 2 is 0.757 bits per heavy atom. The van der Waals surface area contributed by atoms with Crippen LogP contribution in [0.4, 0.5) is 0 Å². The van der Waals surface area contributed by atoms with Gasteiger partial charge in [-0.05, 0) is 12.8 Å². The second kappa shape index (κ2) is 30.0. The number of esters is 1. The van der Waals surface area contributed by atoms with E-state index in [2.05, 4.69) is 13.8 Å². The third-order valence-electron chi connectivity index (χ3n) is 8.22. The summed E-state index contributed by atoms with van der Waals surface area (Å²) in [5.41, 5.74) is 0. The minimum Gasteiger partial charge on any atom is -0.469 e. The molecule has 0 aliphatic rings. The summed E-state index contributed by atoms with van der Waals surface area (Å²) in [6, 6.07) is 0. The first-order chi connectivity index (χ1) is 18.2. The van der Waals surface area contributed by atoms with Gasteiger partial charge < -0.3 is 9.47 Å². The fourth-order valence-corrected chi connectivity index (χ4v) is 5.66. The van der Waals surface area contributed by atoms with E-state index in [0.29, 0.717) is 0 Å². The number of ether oxygens (including phenoxy) is 2. The third kappa shape index (κ3) is 24.2. The smallest absolute Gasteiger partial charge is 0.311 e. The molecule has 0 aromatic carbocycles. The molecule has 0 N–H and O–H groups in total. The first-order valence-electron chi connectivity index (χ1n) is 16.8. The average molecular weight is 525 g/mol. The van der Waals surface area contributed by atoms with Crippen LogP contribution in [0.3, 0.4) is 0 Å². The lowest BCUT2D eigenvalue weighted by molar-refractivity contribution is -0.151. The first kappa shape index (κ1) is 36.4. The number of methoxy groups -OCH3 is 2. The maximum atomic E-state index is 12.5. The van der Waals surface area contributed by atoms with Gasteiger partial charge >= 0.3 is 5.97 Å². The largest absolute Gasteiger partial charge is 0.469 e. The number of hydrogen-bond donors (Lipinski definition) is 0. The van der Waals surface area contributed by atoms with Gasteiger partial charge in [-0.25, -0.2) is 0 Å². The van der Waals surface area contributed by atoms with Crippen molar-refractivity contribution in [2.45, 2.75) is 193 Å². The highest BCUT2D eigenvalue weighted by atomic mass is 16.5. The Morgan fingerprint density at radius 1 is 0.459 bits per heavy atom.